The van der Waals surface area contributed by atoms with Gasteiger partial charge in [0.25, 0.3) is 0 Å². The number of aliphatic carboxylic acids is 3. The third-order valence-corrected chi connectivity index (χ3v) is 2.08. The van der Waals surface area contributed by atoms with Gasteiger partial charge in [0, 0.05) is 0 Å². The van der Waals surface area contributed by atoms with Gasteiger partial charge in [0.1, 0.15) is 0 Å². The standard InChI is InChI=1S/C9H18O2.C2H2O4/c1-3-5-7-8(6-4-2)9(10)11;3-1(4)2(5)6/h8H,3-7H2,1-2H3,(H,10,11);(H,3,4)(H,5,6). The molecule has 1 unspecified atom stereocenters. The average molecular weight is 248 g/mol. The third kappa shape index (κ3) is 12.3. The molecule has 0 rings (SSSR count). The summed E-state index contributed by atoms with van der Waals surface area (Å²) in [5, 5.41) is 23.5. The van der Waals surface area contributed by atoms with Crippen LogP contribution in [-0.2, 0) is 14.4 Å². The molecule has 0 saturated carbocycles. The average Bonchev–Trinajstić information content (AvgIpc) is 2.24. The molecule has 0 radical (unpaired) electrons. The van der Waals surface area contributed by atoms with Crippen LogP contribution in [0.5, 0.6) is 0 Å². The predicted molar refractivity (Wildman–Crippen MR) is 60.8 cm³/mol. The van der Waals surface area contributed by atoms with E-state index in [-0.39, 0.29) is 5.92 Å². The third-order valence-electron chi connectivity index (χ3n) is 2.08. The quantitative estimate of drug-likeness (QED) is 0.618. The molecule has 0 aromatic rings. The van der Waals surface area contributed by atoms with E-state index >= 15 is 0 Å². The Hall–Kier alpha value is -1.59. The number of carboxylic acid groups (broad SMARTS) is 3. The Morgan fingerprint density at radius 1 is 0.882 bits per heavy atom. The molecule has 0 aromatic carbocycles. The molecule has 0 aromatic heterocycles. The van der Waals surface area contributed by atoms with Gasteiger partial charge in [-0.15, -0.1) is 0 Å². The van der Waals surface area contributed by atoms with Crippen LogP contribution in [0, 0.1) is 5.92 Å². The number of carbonyl (C=O) groups is 3. The van der Waals surface area contributed by atoms with E-state index in [0.717, 1.165) is 32.1 Å². The fourth-order valence-electron chi connectivity index (χ4n) is 1.19. The Labute approximate surface area is 100 Å². The van der Waals surface area contributed by atoms with E-state index in [1.165, 1.54) is 0 Å². The molecule has 0 aliphatic heterocycles. The van der Waals surface area contributed by atoms with Gasteiger partial charge in [0.2, 0.25) is 0 Å². The Bertz CT molecular complexity index is 236. The first-order chi connectivity index (χ1) is 7.86. The summed E-state index contributed by atoms with van der Waals surface area (Å²) in [6, 6.07) is 0. The monoisotopic (exact) mass is 248 g/mol. The van der Waals surface area contributed by atoms with Crippen molar-refractivity contribution in [1.29, 1.82) is 0 Å². The molecule has 6 heteroatoms. The largest absolute Gasteiger partial charge is 0.481 e. The summed E-state index contributed by atoms with van der Waals surface area (Å²) in [6.07, 6.45) is 4.78. The minimum atomic E-state index is -1.82. The van der Waals surface area contributed by atoms with Gasteiger partial charge in [-0.1, -0.05) is 33.1 Å². The Morgan fingerprint density at radius 2 is 1.35 bits per heavy atom. The summed E-state index contributed by atoms with van der Waals surface area (Å²) in [4.78, 5) is 28.8. The smallest absolute Gasteiger partial charge is 0.414 e. The molecule has 0 saturated heterocycles. The van der Waals surface area contributed by atoms with E-state index in [1.807, 2.05) is 6.92 Å². The fourth-order valence-corrected chi connectivity index (χ4v) is 1.19. The highest BCUT2D eigenvalue weighted by Gasteiger charge is 2.14. The van der Waals surface area contributed by atoms with Crippen LogP contribution >= 0.6 is 0 Å². The molecule has 100 valence electrons. The summed E-state index contributed by atoms with van der Waals surface area (Å²) in [5.74, 6) is -4.37. The summed E-state index contributed by atoms with van der Waals surface area (Å²) in [5.41, 5.74) is 0. The lowest BCUT2D eigenvalue weighted by Gasteiger charge is -2.08. The van der Waals surface area contributed by atoms with Gasteiger partial charge in [-0.3, -0.25) is 4.79 Å². The SMILES string of the molecule is CCCCC(CCC)C(=O)O.O=C(O)C(=O)O. The Kier molecular flexibility index (Phi) is 11.4. The van der Waals surface area contributed by atoms with Gasteiger partial charge in [-0.25, -0.2) is 9.59 Å². The van der Waals surface area contributed by atoms with E-state index in [0.29, 0.717) is 0 Å². The van der Waals surface area contributed by atoms with Crippen LogP contribution in [0.25, 0.3) is 0 Å². The van der Waals surface area contributed by atoms with Gasteiger partial charge < -0.3 is 15.3 Å². The van der Waals surface area contributed by atoms with E-state index in [1.54, 1.807) is 0 Å². The van der Waals surface area contributed by atoms with Gasteiger partial charge >= 0.3 is 17.9 Å². The van der Waals surface area contributed by atoms with Crippen molar-refractivity contribution < 1.29 is 29.7 Å². The van der Waals surface area contributed by atoms with Crippen molar-refractivity contribution in [3.63, 3.8) is 0 Å². The second kappa shape index (κ2) is 10.9. The van der Waals surface area contributed by atoms with E-state index in [9.17, 15) is 4.79 Å². The van der Waals surface area contributed by atoms with Gasteiger partial charge in [0.15, 0.2) is 0 Å². The highest BCUT2D eigenvalue weighted by molar-refractivity contribution is 6.27. The Morgan fingerprint density at radius 3 is 1.59 bits per heavy atom. The summed E-state index contributed by atoms with van der Waals surface area (Å²) in [7, 11) is 0. The van der Waals surface area contributed by atoms with Crippen molar-refractivity contribution in [3.8, 4) is 0 Å². The minimum Gasteiger partial charge on any atom is -0.481 e. The number of hydrogen-bond donors (Lipinski definition) is 3. The predicted octanol–water partition coefficient (Wildman–Crippen LogP) is 1.83. The number of unbranched alkanes of at least 4 members (excludes halogenated alkanes) is 1. The lowest BCUT2D eigenvalue weighted by Crippen LogP contribution is -2.12. The summed E-state index contributed by atoms with van der Waals surface area (Å²) < 4.78 is 0. The van der Waals surface area contributed by atoms with Crippen LogP contribution in [0.1, 0.15) is 46.0 Å². The van der Waals surface area contributed by atoms with Crippen molar-refractivity contribution in [2.45, 2.75) is 46.0 Å². The van der Waals surface area contributed by atoms with E-state index in [2.05, 4.69) is 6.92 Å². The minimum absolute atomic E-state index is 0.0973. The lowest BCUT2D eigenvalue weighted by atomic mass is 9.97. The highest BCUT2D eigenvalue weighted by atomic mass is 16.4. The molecule has 0 aliphatic carbocycles. The van der Waals surface area contributed by atoms with E-state index in [4.69, 9.17) is 24.9 Å². The maximum atomic E-state index is 10.6. The van der Waals surface area contributed by atoms with Gasteiger partial charge in [-0.2, -0.15) is 0 Å². The molecule has 0 aliphatic rings. The molecule has 0 heterocycles. The molecule has 0 bridgehead atoms. The summed E-state index contributed by atoms with van der Waals surface area (Å²) >= 11 is 0. The molecule has 0 spiro atoms. The molecule has 0 fully saturated rings. The van der Waals surface area contributed by atoms with E-state index < -0.39 is 17.9 Å². The van der Waals surface area contributed by atoms with Crippen molar-refractivity contribution in [1.82, 2.24) is 0 Å². The Balaban J connectivity index is 0. The topological polar surface area (TPSA) is 112 Å². The van der Waals surface area contributed by atoms with Crippen molar-refractivity contribution >= 4 is 17.9 Å². The van der Waals surface area contributed by atoms with Crippen LogP contribution in [0.3, 0.4) is 0 Å². The molecule has 3 N–H and O–H groups in total. The molecule has 6 nitrogen and oxygen atoms in total. The van der Waals surface area contributed by atoms with Gasteiger partial charge in [-0.05, 0) is 12.8 Å². The van der Waals surface area contributed by atoms with Gasteiger partial charge in [0.05, 0.1) is 5.92 Å². The van der Waals surface area contributed by atoms with Crippen LogP contribution in [0.15, 0.2) is 0 Å². The number of rotatable bonds is 6. The molecular formula is C11H20O6. The lowest BCUT2D eigenvalue weighted by molar-refractivity contribution is -0.159. The van der Waals surface area contributed by atoms with Crippen molar-refractivity contribution in [3.05, 3.63) is 0 Å². The fraction of sp³-hybridized carbons (Fsp3) is 0.727. The van der Waals surface area contributed by atoms with Crippen LogP contribution in [-0.4, -0.2) is 33.2 Å². The van der Waals surface area contributed by atoms with Crippen molar-refractivity contribution in [2.24, 2.45) is 5.92 Å². The maximum Gasteiger partial charge on any atom is 0.414 e. The number of hydrogen-bond acceptors (Lipinski definition) is 3. The first-order valence-corrected chi connectivity index (χ1v) is 5.55. The normalized spacial score (nSPS) is 10.9. The van der Waals surface area contributed by atoms with Crippen LogP contribution in [0.4, 0.5) is 0 Å². The summed E-state index contributed by atoms with van der Waals surface area (Å²) in [6.45, 7) is 4.12. The molecule has 0 amide bonds. The highest BCUT2D eigenvalue weighted by Crippen LogP contribution is 2.14. The van der Waals surface area contributed by atoms with Crippen molar-refractivity contribution in [2.75, 3.05) is 0 Å². The maximum absolute atomic E-state index is 10.6. The molecule has 1 atom stereocenters. The second-order valence-electron chi connectivity index (χ2n) is 3.58. The first kappa shape index (κ1) is 17.8. The van der Waals surface area contributed by atoms with Crippen LogP contribution < -0.4 is 0 Å². The second-order valence-corrected chi connectivity index (χ2v) is 3.58. The van der Waals surface area contributed by atoms with Crippen LogP contribution in [0.2, 0.25) is 0 Å². The first-order valence-electron chi connectivity index (χ1n) is 5.55. The zero-order valence-corrected chi connectivity index (χ0v) is 10.2. The molecule has 17 heavy (non-hydrogen) atoms. The number of carboxylic acids is 3. The molecular weight excluding hydrogens is 228 g/mol. The zero-order valence-electron chi connectivity index (χ0n) is 10.2. The zero-order chi connectivity index (χ0) is 13.8.